The van der Waals surface area contributed by atoms with Crippen LogP contribution in [0.25, 0.3) is 11.4 Å². The Bertz CT molecular complexity index is 671. The molecule has 8 heteroatoms. The number of methoxy groups -OCH3 is 1. The predicted octanol–water partition coefficient (Wildman–Crippen LogP) is 1.69. The summed E-state index contributed by atoms with van der Waals surface area (Å²) in [7, 11) is 3.55. The van der Waals surface area contributed by atoms with Crippen LogP contribution in [0.1, 0.15) is 0 Å². The average molecular weight is 320 g/mol. The number of cyclic esters (lactones) is 1. The van der Waals surface area contributed by atoms with E-state index in [0.717, 1.165) is 22.3 Å². The summed E-state index contributed by atoms with van der Waals surface area (Å²) < 4.78 is 12.2. The number of aromatic nitrogens is 3. The molecule has 1 aromatic heterocycles. The molecule has 0 bridgehead atoms. The lowest BCUT2D eigenvalue weighted by atomic mass is 10.2. The summed E-state index contributed by atoms with van der Waals surface area (Å²) in [6, 6.07) is 7.67. The predicted molar refractivity (Wildman–Crippen MR) is 82.0 cm³/mol. The van der Waals surface area contributed by atoms with Crippen LogP contribution in [0.15, 0.2) is 29.4 Å². The van der Waals surface area contributed by atoms with Crippen molar-refractivity contribution >= 4 is 17.9 Å². The van der Waals surface area contributed by atoms with E-state index in [4.69, 9.17) is 9.47 Å². The Hall–Kier alpha value is -2.22. The maximum absolute atomic E-state index is 11.0. The van der Waals surface area contributed by atoms with E-state index < -0.39 is 0 Å². The first-order valence-electron chi connectivity index (χ1n) is 6.78. The first kappa shape index (κ1) is 14.7. The molecule has 1 amide bonds. The van der Waals surface area contributed by atoms with Gasteiger partial charge in [0.25, 0.3) is 0 Å². The monoisotopic (exact) mass is 320 g/mol. The SMILES string of the molecule is COc1ccc(-c2nnc(SC[C@H]3CNC(=O)O3)n2C)cc1. The second kappa shape index (κ2) is 6.27. The van der Waals surface area contributed by atoms with Gasteiger partial charge in [-0.2, -0.15) is 0 Å². The third-order valence-electron chi connectivity index (χ3n) is 3.33. The van der Waals surface area contributed by atoms with Crippen LogP contribution in [0.5, 0.6) is 5.75 Å². The van der Waals surface area contributed by atoms with Crippen molar-refractivity contribution in [1.82, 2.24) is 20.1 Å². The number of amides is 1. The largest absolute Gasteiger partial charge is 0.497 e. The molecular weight excluding hydrogens is 304 g/mol. The molecule has 0 aliphatic carbocycles. The van der Waals surface area contributed by atoms with Gasteiger partial charge >= 0.3 is 6.09 Å². The number of carbonyl (C=O) groups excluding carboxylic acids is 1. The van der Waals surface area contributed by atoms with Gasteiger partial charge in [0.2, 0.25) is 0 Å². The van der Waals surface area contributed by atoms with E-state index >= 15 is 0 Å². The number of thioether (sulfide) groups is 1. The number of alkyl carbamates (subject to hydrolysis) is 1. The summed E-state index contributed by atoms with van der Waals surface area (Å²) in [5.41, 5.74) is 0.969. The van der Waals surface area contributed by atoms with E-state index in [0.29, 0.717) is 12.3 Å². The highest BCUT2D eigenvalue weighted by molar-refractivity contribution is 7.99. The van der Waals surface area contributed by atoms with Gasteiger partial charge in [0.1, 0.15) is 11.9 Å². The van der Waals surface area contributed by atoms with Gasteiger partial charge in [-0.05, 0) is 24.3 Å². The van der Waals surface area contributed by atoms with Crippen LogP contribution < -0.4 is 10.1 Å². The van der Waals surface area contributed by atoms with Crippen molar-refractivity contribution in [1.29, 1.82) is 0 Å². The van der Waals surface area contributed by atoms with Crippen LogP contribution >= 0.6 is 11.8 Å². The second-order valence-electron chi connectivity index (χ2n) is 4.81. The van der Waals surface area contributed by atoms with E-state index in [2.05, 4.69) is 15.5 Å². The zero-order valence-electron chi connectivity index (χ0n) is 12.3. The van der Waals surface area contributed by atoms with Crippen molar-refractivity contribution in [2.24, 2.45) is 7.05 Å². The average Bonchev–Trinajstić information content (AvgIpc) is 3.11. The molecule has 116 valence electrons. The Morgan fingerprint density at radius 3 is 2.82 bits per heavy atom. The zero-order chi connectivity index (χ0) is 15.5. The molecule has 7 nitrogen and oxygen atoms in total. The first-order chi connectivity index (χ1) is 10.7. The van der Waals surface area contributed by atoms with Crippen LogP contribution in [-0.2, 0) is 11.8 Å². The van der Waals surface area contributed by atoms with Crippen molar-refractivity contribution < 1.29 is 14.3 Å². The van der Waals surface area contributed by atoms with E-state index in [-0.39, 0.29) is 12.2 Å². The van der Waals surface area contributed by atoms with Crippen molar-refractivity contribution in [3.63, 3.8) is 0 Å². The molecule has 22 heavy (non-hydrogen) atoms. The van der Waals surface area contributed by atoms with Crippen molar-refractivity contribution in [3.05, 3.63) is 24.3 Å². The maximum Gasteiger partial charge on any atom is 0.407 e. The van der Waals surface area contributed by atoms with E-state index in [9.17, 15) is 4.79 Å². The number of nitrogens with one attached hydrogen (secondary N) is 1. The molecule has 1 fully saturated rings. The van der Waals surface area contributed by atoms with Crippen LogP contribution in [-0.4, -0.2) is 46.4 Å². The van der Waals surface area contributed by atoms with E-state index in [1.54, 1.807) is 7.11 Å². The number of rotatable bonds is 5. The Morgan fingerprint density at radius 1 is 1.41 bits per heavy atom. The Labute approximate surface area is 132 Å². The Kier molecular flexibility index (Phi) is 4.19. The number of hydrogen-bond acceptors (Lipinski definition) is 6. The Balaban J connectivity index is 1.69. The first-order valence-corrected chi connectivity index (χ1v) is 7.77. The van der Waals surface area contributed by atoms with Gasteiger partial charge in [0, 0.05) is 18.4 Å². The molecular formula is C14H16N4O3S. The topological polar surface area (TPSA) is 78.3 Å². The van der Waals surface area contributed by atoms with Crippen LogP contribution in [0.2, 0.25) is 0 Å². The summed E-state index contributed by atoms with van der Waals surface area (Å²) in [6.07, 6.45) is -0.485. The van der Waals surface area contributed by atoms with Gasteiger partial charge in [-0.15, -0.1) is 10.2 Å². The summed E-state index contributed by atoms with van der Waals surface area (Å²) >= 11 is 1.52. The number of ether oxygens (including phenoxy) is 2. The van der Waals surface area contributed by atoms with Crippen LogP contribution in [0.4, 0.5) is 4.79 Å². The summed E-state index contributed by atoms with van der Waals surface area (Å²) in [5, 5.41) is 11.8. The third-order valence-corrected chi connectivity index (χ3v) is 4.48. The molecule has 1 aromatic carbocycles. The molecule has 0 saturated carbocycles. The summed E-state index contributed by atoms with van der Waals surface area (Å²) in [5.74, 6) is 2.23. The minimum atomic E-state index is -0.359. The van der Waals surface area contributed by atoms with Gasteiger partial charge in [0.05, 0.1) is 13.7 Å². The highest BCUT2D eigenvalue weighted by Crippen LogP contribution is 2.25. The fraction of sp³-hybridized carbons (Fsp3) is 0.357. The third kappa shape index (κ3) is 3.01. The molecule has 2 heterocycles. The smallest absolute Gasteiger partial charge is 0.407 e. The second-order valence-corrected chi connectivity index (χ2v) is 5.80. The molecule has 0 radical (unpaired) electrons. The number of hydrogen-bond donors (Lipinski definition) is 1. The van der Waals surface area contributed by atoms with Gasteiger partial charge in [0.15, 0.2) is 11.0 Å². The van der Waals surface area contributed by atoms with Crippen molar-refractivity contribution in [3.8, 4) is 17.1 Å². The Morgan fingerprint density at radius 2 is 2.18 bits per heavy atom. The lowest BCUT2D eigenvalue weighted by Crippen LogP contribution is -2.17. The fourth-order valence-electron chi connectivity index (χ4n) is 2.12. The summed E-state index contributed by atoms with van der Waals surface area (Å²) in [6.45, 7) is 0.537. The van der Waals surface area contributed by atoms with Crippen molar-refractivity contribution in [2.45, 2.75) is 11.3 Å². The molecule has 1 N–H and O–H groups in total. The van der Waals surface area contributed by atoms with E-state index in [1.165, 1.54) is 11.8 Å². The van der Waals surface area contributed by atoms with Gasteiger partial charge in [-0.25, -0.2) is 4.79 Å². The standard InChI is InChI=1S/C14H16N4O3S/c1-18-12(9-3-5-10(20-2)6-4-9)16-17-13(18)22-8-11-7-15-14(19)21-11/h3-6,11H,7-8H2,1-2H3,(H,15,19)/t11-/m1/s1. The fourth-order valence-corrected chi connectivity index (χ4v) is 3.02. The number of carbonyl (C=O) groups is 1. The zero-order valence-corrected chi connectivity index (χ0v) is 13.1. The van der Waals surface area contributed by atoms with Crippen LogP contribution in [0.3, 0.4) is 0 Å². The van der Waals surface area contributed by atoms with Gasteiger partial charge < -0.3 is 19.4 Å². The van der Waals surface area contributed by atoms with Gasteiger partial charge in [-0.3, -0.25) is 0 Å². The molecule has 0 unspecified atom stereocenters. The maximum atomic E-state index is 11.0. The normalized spacial score (nSPS) is 17.2. The molecule has 0 spiro atoms. The number of nitrogens with zero attached hydrogens (tertiary/aromatic N) is 3. The highest BCUT2D eigenvalue weighted by Gasteiger charge is 2.23. The molecule has 1 saturated heterocycles. The molecule has 2 aromatic rings. The molecule has 1 aliphatic heterocycles. The van der Waals surface area contributed by atoms with Gasteiger partial charge in [-0.1, -0.05) is 11.8 Å². The molecule has 1 atom stereocenters. The lowest BCUT2D eigenvalue weighted by molar-refractivity contribution is 0.150. The minimum absolute atomic E-state index is 0.126. The van der Waals surface area contributed by atoms with Crippen molar-refractivity contribution in [2.75, 3.05) is 19.4 Å². The van der Waals surface area contributed by atoms with Crippen LogP contribution in [0, 0.1) is 0 Å². The summed E-state index contributed by atoms with van der Waals surface area (Å²) in [4.78, 5) is 11.0. The minimum Gasteiger partial charge on any atom is -0.497 e. The highest BCUT2D eigenvalue weighted by atomic mass is 32.2. The quantitative estimate of drug-likeness (QED) is 0.845. The van der Waals surface area contributed by atoms with E-state index in [1.807, 2.05) is 35.9 Å². The lowest BCUT2D eigenvalue weighted by Gasteiger charge is -2.07. The molecule has 1 aliphatic rings. The molecule has 3 rings (SSSR count). The number of benzene rings is 1.